The van der Waals surface area contributed by atoms with Crippen LogP contribution in [0.3, 0.4) is 0 Å². The first-order valence-corrected chi connectivity index (χ1v) is 10.1. The number of amides is 1. The van der Waals surface area contributed by atoms with Crippen LogP contribution in [0.1, 0.15) is 41.4 Å². The second kappa shape index (κ2) is 7.63. The zero-order chi connectivity index (χ0) is 19.7. The van der Waals surface area contributed by atoms with Crippen LogP contribution in [0.4, 0.5) is 0 Å². The van der Waals surface area contributed by atoms with Gasteiger partial charge in [-0.3, -0.25) is 4.79 Å². The average molecular weight is 374 g/mol. The molecule has 144 valence electrons. The highest BCUT2D eigenvalue weighted by molar-refractivity contribution is 5.94. The first kappa shape index (κ1) is 18.5. The SMILES string of the molecule is Cc1ccc(-c2cc(C(=O)N3CCC(C)CC3)n(-c3ccccc3)n2)cc1C. The van der Waals surface area contributed by atoms with Crippen LogP contribution in [0.25, 0.3) is 16.9 Å². The number of rotatable bonds is 3. The lowest BCUT2D eigenvalue weighted by atomic mass is 9.99. The molecule has 0 aliphatic carbocycles. The molecule has 1 aliphatic heterocycles. The third-order valence-electron chi connectivity index (χ3n) is 5.80. The standard InChI is InChI=1S/C24H27N3O/c1-17-11-13-26(14-12-17)24(28)23-16-22(20-10-9-18(2)19(3)15-20)25-27(23)21-7-5-4-6-8-21/h4-10,15-17H,11-14H2,1-3H3. The van der Waals surface area contributed by atoms with E-state index in [0.717, 1.165) is 42.9 Å². The number of para-hydroxylation sites is 1. The van der Waals surface area contributed by atoms with E-state index in [4.69, 9.17) is 5.10 Å². The van der Waals surface area contributed by atoms with Gasteiger partial charge in [-0.15, -0.1) is 0 Å². The molecule has 1 aromatic heterocycles. The van der Waals surface area contributed by atoms with Crippen LogP contribution in [0.5, 0.6) is 0 Å². The van der Waals surface area contributed by atoms with E-state index >= 15 is 0 Å². The fourth-order valence-electron chi connectivity index (χ4n) is 3.71. The highest BCUT2D eigenvalue weighted by Crippen LogP contribution is 2.26. The van der Waals surface area contributed by atoms with E-state index < -0.39 is 0 Å². The Labute approximate surface area is 166 Å². The molecule has 0 saturated carbocycles. The van der Waals surface area contributed by atoms with Gasteiger partial charge in [-0.05, 0) is 68.0 Å². The Hall–Kier alpha value is -2.88. The van der Waals surface area contributed by atoms with Gasteiger partial charge in [0.25, 0.3) is 5.91 Å². The van der Waals surface area contributed by atoms with Gasteiger partial charge in [0.2, 0.25) is 0 Å². The largest absolute Gasteiger partial charge is 0.337 e. The molecule has 2 heterocycles. The lowest BCUT2D eigenvalue weighted by Crippen LogP contribution is -2.38. The van der Waals surface area contributed by atoms with Crippen molar-refractivity contribution in [3.8, 4) is 16.9 Å². The van der Waals surface area contributed by atoms with Crippen molar-refractivity contribution in [1.82, 2.24) is 14.7 Å². The van der Waals surface area contributed by atoms with Gasteiger partial charge >= 0.3 is 0 Å². The molecule has 1 saturated heterocycles. The Morgan fingerprint density at radius 3 is 2.36 bits per heavy atom. The number of piperidine rings is 1. The Kier molecular flexibility index (Phi) is 5.03. The Morgan fingerprint density at radius 1 is 0.964 bits per heavy atom. The van der Waals surface area contributed by atoms with Gasteiger partial charge in [0.15, 0.2) is 0 Å². The predicted molar refractivity (Wildman–Crippen MR) is 113 cm³/mol. The minimum absolute atomic E-state index is 0.0679. The molecule has 28 heavy (non-hydrogen) atoms. The van der Waals surface area contributed by atoms with Crippen molar-refractivity contribution < 1.29 is 4.79 Å². The van der Waals surface area contributed by atoms with E-state index in [1.807, 2.05) is 41.3 Å². The summed E-state index contributed by atoms with van der Waals surface area (Å²) < 4.78 is 1.80. The fraction of sp³-hybridized carbons (Fsp3) is 0.333. The van der Waals surface area contributed by atoms with Crippen molar-refractivity contribution in [2.24, 2.45) is 5.92 Å². The molecule has 4 nitrogen and oxygen atoms in total. The van der Waals surface area contributed by atoms with E-state index in [1.54, 1.807) is 4.68 Å². The smallest absolute Gasteiger partial charge is 0.272 e. The van der Waals surface area contributed by atoms with Gasteiger partial charge in [-0.1, -0.05) is 37.3 Å². The molecule has 1 fully saturated rings. The number of nitrogens with zero attached hydrogens (tertiary/aromatic N) is 3. The van der Waals surface area contributed by atoms with Crippen molar-refractivity contribution in [2.75, 3.05) is 13.1 Å². The van der Waals surface area contributed by atoms with Gasteiger partial charge in [0.1, 0.15) is 5.69 Å². The van der Waals surface area contributed by atoms with Crippen molar-refractivity contribution in [3.05, 3.63) is 71.4 Å². The highest BCUT2D eigenvalue weighted by Gasteiger charge is 2.25. The Bertz CT molecular complexity index is 982. The maximum atomic E-state index is 13.3. The summed E-state index contributed by atoms with van der Waals surface area (Å²) in [5, 5.41) is 4.82. The van der Waals surface area contributed by atoms with Crippen LogP contribution in [0, 0.1) is 19.8 Å². The quantitative estimate of drug-likeness (QED) is 0.646. The summed E-state index contributed by atoms with van der Waals surface area (Å²) in [5.74, 6) is 0.757. The second-order valence-electron chi connectivity index (χ2n) is 7.94. The lowest BCUT2D eigenvalue weighted by molar-refractivity contribution is 0.0688. The van der Waals surface area contributed by atoms with Crippen molar-refractivity contribution >= 4 is 5.91 Å². The minimum Gasteiger partial charge on any atom is -0.337 e. The zero-order valence-corrected chi connectivity index (χ0v) is 16.9. The van der Waals surface area contributed by atoms with Gasteiger partial charge in [-0.25, -0.2) is 4.68 Å². The Morgan fingerprint density at radius 2 is 1.68 bits per heavy atom. The summed E-state index contributed by atoms with van der Waals surface area (Å²) in [6.07, 6.45) is 2.13. The van der Waals surface area contributed by atoms with Gasteiger partial charge in [0, 0.05) is 18.7 Å². The molecular weight excluding hydrogens is 346 g/mol. The van der Waals surface area contributed by atoms with Crippen LogP contribution in [0.15, 0.2) is 54.6 Å². The van der Waals surface area contributed by atoms with E-state index in [2.05, 4.69) is 39.0 Å². The molecule has 2 aromatic carbocycles. The number of carbonyl (C=O) groups is 1. The topological polar surface area (TPSA) is 38.1 Å². The summed E-state index contributed by atoms with van der Waals surface area (Å²) in [5.41, 5.74) is 5.90. The summed E-state index contributed by atoms with van der Waals surface area (Å²) >= 11 is 0. The summed E-state index contributed by atoms with van der Waals surface area (Å²) in [6.45, 7) is 8.10. The van der Waals surface area contributed by atoms with Crippen molar-refractivity contribution in [3.63, 3.8) is 0 Å². The molecule has 4 heteroatoms. The van der Waals surface area contributed by atoms with Crippen LogP contribution in [0.2, 0.25) is 0 Å². The third-order valence-corrected chi connectivity index (χ3v) is 5.80. The van der Waals surface area contributed by atoms with E-state index in [0.29, 0.717) is 11.6 Å². The predicted octanol–water partition coefficient (Wildman–Crippen LogP) is 5.03. The average Bonchev–Trinajstić information content (AvgIpc) is 3.16. The van der Waals surface area contributed by atoms with Crippen LogP contribution in [-0.2, 0) is 0 Å². The van der Waals surface area contributed by atoms with Gasteiger partial charge < -0.3 is 4.90 Å². The molecule has 0 atom stereocenters. The number of hydrogen-bond acceptors (Lipinski definition) is 2. The Balaban J connectivity index is 1.76. The van der Waals surface area contributed by atoms with Crippen LogP contribution in [-0.4, -0.2) is 33.7 Å². The van der Waals surface area contributed by atoms with Gasteiger partial charge in [-0.2, -0.15) is 5.10 Å². The molecule has 1 aliphatic rings. The monoisotopic (exact) mass is 373 g/mol. The van der Waals surface area contributed by atoms with Crippen LogP contribution < -0.4 is 0 Å². The first-order chi connectivity index (χ1) is 13.5. The van der Waals surface area contributed by atoms with Crippen molar-refractivity contribution in [1.29, 1.82) is 0 Å². The molecule has 4 rings (SSSR count). The molecule has 0 spiro atoms. The van der Waals surface area contributed by atoms with E-state index in [1.165, 1.54) is 11.1 Å². The summed E-state index contributed by atoms with van der Waals surface area (Å²) in [6, 6.07) is 18.2. The summed E-state index contributed by atoms with van der Waals surface area (Å²) in [7, 11) is 0. The van der Waals surface area contributed by atoms with E-state index in [9.17, 15) is 4.79 Å². The zero-order valence-electron chi connectivity index (χ0n) is 16.9. The van der Waals surface area contributed by atoms with Crippen molar-refractivity contribution in [2.45, 2.75) is 33.6 Å². The molecule has 1 amide bonds. The number of likely N-dealkylation sites (tertiary alicyclic amines) is 1. The molecular formula is C24H27N3O. The lowest BCUT2D eigenvalue weighted by Gasteiger charge is -2.30. The molecule has 0 bridgehead atoms. The summed E-state index contributed by atoms with van der Waals surface area (Å²) in [4.78, 5) is 15.3. The maximum absolute atomic E-state index is 13.3. The molecule has 3 aromatic rings. The normalized spacial score (nSPS) is 15.0. The third kappa shape index (κ3) is 3.59. The highest BCUT2D eigenvalue weighted by atomic mass is 16.2. The second-order valence-corrected chi connectivity index (χ2v) is 7.94. The number of benzene rings is 2. The minimum atomic E-state index is 0.0679. The number of hydrogen-bond donors (Lipinski definition) is 0. The number of aromatic nitrogens is 2. The number of carbonyl (C=O) groups excluding carboxylic acids is 1. The van der Waals surface area contributed by atoms with Crippen LogP contribution >= 0.6 is 0 Å². The molecule has 0 unspecified atom stereocenters. The maximum Gasteiger partial charge on any atom is 0.272 e. The fourth-order valence-corrected chi connectivity index (χ4v) is 3.71. The number of aryl methyl sites for hydroxylation is 2. The first-order valence-electron chi connectivity index (χ1n) is 10.1. The molecule has 0 radical (unpaired) electrons. The van der Waals surface area contributed by atoms with E-state index in [-0.39, 0.29) is 5.91 Å². The van der Waals surface area contributed by atoms with Gasteiger partial charge in [0.05, 0.1) is 11.4 Å². The molecule has 0 N–H and O–H groups in total.